The van der Waals surface area contributed by atoms with E-state index in [9.17, 15) is 13.2 Å². The van der Waals surface area contributed by atoms with E-state index >= 15 is 0 Å². The lowest BCUT2D eigenvalue weighted by atomic mass is 10.2. The molecule has 32 heavy (non-hydrogen) atoms. The normalized spacial score (nSPS) is 11.0. The van der Waals surface area contributed by atoms with Gasteiger partial charge in [-0.25, -0.2) is 8.42 Å². The third-order valence-electron chi connectivity index (χ3n) is 4.32. The number of nitrogens with one attached hydrogen (secondary N) is 2. The van der Waals surface area contributed by atoms with Crippen LogP contribution in [0.2, 0.25) is 5.02 Å². The van der Waals surface area contributed by atoms with Crippen molar-refractivity contribution in [3.8, 4) is 11.5 Å². The van der Waals surface area contributed by atoms with Crippen LogP contribution in [0.5, 0.6) is 11.5 Å². The molecule has 3 aromatic rings. The van der Waals surface area contributed by atoms with Crippen molar-refractivity contribution in [1.82, 2.24) is 0 Å². The van der Waals surface area contributed by atoms with Crippen LogP contribution < -0.4 is 19.5 Å². The summed E-state index contributed by atoms with van der Waals surface area (Å²) in [5.74, 6) is 0.689. The van der Waals surface area contributed by atoms with Gasteiger partial charge in [0.2, 0.25) is 0 Å². The SMILES string of the molecule is CCOc1ccc(C(=O)Nc2ccc(S(=O)(=O)Nc3ccc(Cl)cc3)cc2)cc1OCC. The number of halogens is 1. The third kappa shape index (κ3) is 5.93. The monoisotopic (exact) mass is 474 g/mol. The summed E-state index contributed by atoms with van der Waals surface area (Å²) in [7, 11) is -3.78. The molecule has 3 aromatic carbocycles. The molecule has 0 atom stereocenters. The van der Waals surface area contributed by atoms with Gasteiger partial charge in [-0.3, -0.25) is 9.52 Å². The second kappa shape index (κ2) is 10.4. The van der Waals surface area contributed by atoms with Crippen LogP contribution >= 0.6 is 11.6 Å². The van der Waals surface area contributed by atoms with Crippen LogP contribution in [0.15, 0.2) is 71.6 Å². The summed E-state index contributed by atoms with van der Waals surface area (Å²) in [6.07, 6.45) is 0. The number of benzene rings is 3. The Morgan fingerprint density at radius 3 is 2.06 bits per heavy atom. The van der Waals surface area contributed by atoms with Gasteiger partial charge >= 0.3 is 0 Å². The molecule has 0 heterocycles. The molecule has 0 aliphatic heterocycles. The zero-order chi connectivity index (χ0) is 23.1. The molecule has 0 bridgehead atoms. The first-order valence-corrected chi connectivity index (χ1v) is 11.8. The van der Waals surface area contributed by atoms with E-state index in [-0.39, 0.29) is 10.8 Å². The molecule has 0 saturated carbocycles. The number of hydrogen-bond acceptors (Lipinski definition) is 5. The zero-order valence-corrected chi connectivity index (χ0v) is 19.2. The largest absolute Gasteiger partial charge is 0.490 e. The van der Waals surface area contributed by atoms with Crippen molar-refractivity contribution in [3.05, 3.63) is 77.3 Å². The van der Waals surface area contributed by atoms with Crippen molar-refractivity contribution in [2.75, 3.05) is 23.3 Å². The van der Waals surface area contributed by atoms with Crippen LogP contribution in [0.4, 0.5) is 11.4 Å². The minimum atomic E-state index is -3.78. The lowest BCUT2D eigenvalue weighted by Crippen LogP contribution is -2.14. The van der Waals surface area contributed by atoms with Gasteiger partial charge in [-0.2, -0.15) is 0 Å². The van der Waals surface area contributed by atoms with Crippen molar-refractivity contribution in [1.29, 1.82) is 0 Å². The second-order valence-corrected chi connectivity index (χ2v) is 8.74. The summed E-state index contributed by atoms with van der Waals surface area (Å²) in [6.45, 7) is 4.63. The van der Waals surface area contributed by atoms with Gasteiger partial charge in [0.15, 0.2) is 11.5 Å². The van der Waals surface area contributed by atoms with Gasteiger partial charge in [-0.1, -0.05) is 11.6 Å². The summed E-state index contributed by atoms with van der Waals surface area (Å²) >= 11 is 5.82. The minimum absolute atomic E-state index is 0.0603. The topological polar surface area (TPSA) is 93.7 Å². The number of ether oxygens (including phenoxy) is 2. The molecular formula is C23H23ClN2O5S. The Labute approximate surface area is 192 Å². The number of carbonyl (C=O) groups excluding carboxylic acids is 1. The molecule has 1 amide bonds. The Morgan fingerprint density at radius 2 is 1.44 bits per heavy atom. The molecule has 9 heteroatoms. The Hall–Kier alpha value is -3.23. The summed E-state index contributed by atoms with van der Waals surface area (Å²) in [6, 6.07) is 17.1. The smallest absolute Gasteiger partial charge is 0.261 e. The van der Waals surface area contributed by atoms with E-state index in [1.165, 1.54) is 24.3 Å². The molecule has 0 aliphatic carbocycles. The first-order chi connectivity index (χ1) is 15.3. The van der Waals surface area contributed by atoms with Gasteiger partial charge in [-0.15, -0.1) is 0 Å². The van der Waals surface area contributed by atoms with Gasteiger partial charge in [0.05, 0.1) is 18.1 Å². The van der Waals surface area contributed by atoms with Crippen LogP contribution in [0.1, 0.15) is 24.2 Å². The molecule has 0 radical (unpaired) electrons. The highest BCUT2D eigenvalue weighted by molar-refractivity contribution is 7.92. The molecule has 3 rings (SSSR count). The maximum atomic E-state index is 12.6. The Morgan fingerprint density at radius 1 is 0.844 bits per heavy atom. The Bertz CT molecular complexity index is 1180. The van der Waals surface area contributed by atoms with Crippen LogP contribution in [-0.4, -0.2) is 27.5 Å². The van der Waals surface area contributed by atoms with E-state index in [0.29, 0.717) is 46.7 Å². The number of sulfonamides is 1. The maximum absolute atomic E-state index is 12.6. The highest BCUT2D eigenvalue weighted by Gasteiger charge is 2.15. The number of anilines is 2. The van der Waals surface area contributed by atoms with Crippen molar-refractivity contribution in [3.63, 3.8) is 0 Å². The number of amides is 1. The molecule has 0 spiro atoms. The summed E-state index contributed by atoms with van der Waals surface area (Å²) in [4.78, 5) is 12.7. The van der Waals surface area contributed by atoms with Crippen molar-refractivity contribution in [2.45, 2.75) is 18.7 Å². The average molecular weight is 475 g/mol. The Kier molecular flexibility index (Phi) is 7.61. The molecule has 0 saturated heterocycles. The van der Waals surface area contributed by atoms with E-state index < -0.39 is 10.0 Å². The van der Waals surface area contributed by atoms with Crippen molar-refractivity contribution >= 4 is 38.9 Å². The predicted molar refractivity (Wildman–Crippen MR) is 125 cm³/mol. The van der Waals surface area contributed by atoms with E-state index in [1.54, 1.807) is 42.5 Å². The Balaban J connectivity index is 1.71. The van der Waals surface area contributed by atoms with E-state index in [4.69, 9.17) is 21.1 Å². The molecule has 2 N–H and O–H groups in total. The van der Waals surface area contributed by atoms with Crippen LogP contribution in [0, 0.1) is 0 Å². The standard InChI is InChI=1S/C23H23ClN2O5S/c1-3-30-21-14-5-16(15-22(21)31-4-2)23(27)25-18-10-12-20(13-11-18)32(28,29)26-19-8-6-17(24)7-9-19/h5-15,26H,3-4H2,1-2H3,(H,25,27). The molecule has 0 unspecified atom stereocenters. The molecule has 0 aliphatic rings. The number of hydrogen-bond donors (Lipinski definition) is 2. The molecule has 0 fully saturated rings. The fourth-order valence-corrected chi connectivity index (χ4v) is 4.03. The quantitative estimate of drug-likeness (QED) is 0.445. The fourth-order valence-electron chi connectivity index (χ4n) is 2.85. The minimum Gasteiger partial charge on any atom is -0.490 e. The third-order valence-corrected chi connectivity index (χ3v) is 5.97. The van der Waals surface area contributed by atoms with E-state index in [1.807, 2.05) is 13.8 Å². The number of carbonyl (C=O) groups is 1. The fraction of sp³-hybridized carbons (Fsp3) is 0.174. The highest BCUT2D eigenvalue weighted by Crippen LogP contribution is 2.29. The highest BCUT2D eigenvalue weighted by atomic mass is 35.5. The summed E-state index contributed by atoms with van der Waals surface area (Å²) in [5.41, 5.74) is 1.23. The van der Waals surface area contributed by atoms with Crippen molar-refractivity contribution in [2.24, 2.45) is 0 Å². The molecular weight excluding hydrogens is 452 g/mol. The first-order valence-electron chi connectivity index (χ1n) is 9.92. The lowest BCUT2D eigenvalue weighted by Gasteiger charge is -2.13. The van der Waals surface area contributed by atoms with E-state index in [0.717, 1.165) is 0 Å². The zero-order valence-electron chi connectivity index (χ0n) is 17.6. The molecule has 7 nitrogen and oxygen atoms in total. The van der Waals surface area contributed by atoms with Gasteiger partial charge in [0.1, 0.15) is 0 Å². The average Bonchev–Trinajstić information content (AvgIpc) is 2.77. The lowest BCUT2D eigenvalue weighted by molar-refractivity contribution is 0.102. The van der Waals surface area contributed by atoms with E-state index in [2.05, 4.69) is 10.0 Å². The predicted octanol–water partition coefficient (Wildman–Crippen LogP) is 5.19. The summed E-state index contributed by atoms with van der Waals surface area (Å²) < 4.78 is 38.7. The van der Waals surface area contributed by atoms with Crippen molar-refractivity contribution < 1.29 is 22.7 Å². The van der Waals surface area contributed by atoms with Gasteiger partial charge < -0.3 is 14.8 Å². The van der Waals surface area contributed by atoms with Crippen LogP contribution in [0.3, 0.4) is 0 Å². The second-order valence-electron chi connectivity index (χ2n) is 6.62. The van der Waals surface area contributed by atoms with Gasteiger partial charge in [0.25, 0.3) is 15.9 Å². The number of rotatable bonds is 9. The molecule has 168 valence electrons. The molecule has 0 aromatic heterocycles. The summed E-state index contributed by atoms with van der Waals surface area (Å²) in [5, 5.41) is 3.26. The van der Waals surface area contributed by atoms with Gasteiger partial charge in [-0.05, 0) is 80.6 Å². The van der Waals surface area contributed by atoms with Crippen LogP contribution in [0.25, 0.3) is 0 Å². The van der Waals surface area contributed by atoms with Crippen LogP contribution in [-0.2, 0) is 10.0 Å². The van der Waals surface area contributed by atoms with Gasteiger partial charge in [0, 0.05) is 22.0 Å². The first kappa shape index (κ1) is 23.4. The maximum Gasteiger partial charge on any atom is 0.261 e.